The zero-order valence-corrected chi connectivity index (χ0v) is 11.3. The van der Waals surface area contributed by atoms with Gasteiger partial charge < -0.3 is 10.4 Å². The Balaban J connectivity index is 2.18. The molecule has 0 bridgehead atoms. The minimum absolute atomic E-state index is 0.0745. The van der Waals surface area contributed by atoms with Crippen LogP contribution in [0.5, 0.6) is 0 Å². The van der Waals surface area contributed by atoms with E-state index >= 15 is 0 Å². The second-order valence-corrected chi connectivity index (χ2v) is 6.25. The van der Waals surface area contributed by atoms with E-state index in [0.29, 0.717) is 6.42 Å². The SMILES string of the molecule is CC(C)(C)CC(O)c1ccc2c(c1)CCC(=O)N2. The average molecular weight is 247 g/mol. The number of rotatable bonds is 2. The molecule has 3 heteroatoms. The van der Waals surface area contributed by atoms with E-state index < -0.39 is 6.10 Å². The number of nitrogens with one attached hydrogen (secondary N) is 1. The van der Waals surface area contributed by atoms with Gasteiger partial charge in [0.25, 0.3) is 0 Å². The zero-order valence-electron chi connectivity index (χ0n) is 11.3. The normalized spacial score (nSPS) is 17.0. The van der Waals surface area contributed by atoms with Gasteiger partial charge in [0.2, 0.25) is 5.91 Å². The molecule has 0 aromatic heterocycles. The highest BCUT2D eigenvalue weighted by molar-refractivity contribution is 5.93. The van der Waals surface area contributed by atoms with Gasteiger partial charge in [-0.3, -0.25) is 4.79 Å². The summed E-state index contributed by atoms with van der Waals surface area (Å²) in [7, 11) is 0. The van der Waals surface area contributed by atoms with Crippen LogP contribution in [0.4, 0.5) is 5.69 Å². The Morgan fingerprint density at radius 1 is 1.33 bits per heavy atom. The van der Waals surface area contributed by atoms with Gasteiger partial charge in [0, 0.05) is 12.1 Å². The molecule has 0 spiro atoms. The molecule has 1 atom stereocenters. The third-order valence-corrected chi connectivity index (χ3v) is 3.22. The number of aliphatic hydroxyl groups is 1. The highest BCUT2D eigenvalue weighted by Crippen LogP contribution is 2.32. The summed E-state index contributed by atoms with van der Waals surface area (Å²) < 4.78 is 0. The highest BCUT2D eigenvalue weighted by atomic mass is 16.3. The van der Waals surface area contributed by atoms with Gasteiger partial charge in [-0.15, -0.1) is 0 Å². The Labute approximate surface area is 108 Å². The monoisotopic (exact) mass is 247 g/mol. The predicted molar refractivity (Wildman–Crippen MR) is 72.4 cm³/mol. The number of carbonyl (C=O) groups is 1. The molecule has 1 heterocycles. The Morgan fingerprint density at radius 2 is 2.06 bits per heavy atom. The maximum atomic E-state index is 11.3. The Kier molecular flexibility index (Phi) is 3.44. The van der Waals surface area contributed by atoms with Gasteiger partial charge in [0.05, 0.1) is 6.10 Å². The van der Waals surface area contributed by atoms with E-state index in [4.69, 9.17) is 0 Å². The first-order valence-electron chi connectivity index (χ1n) is 6.46. The van der Waals surface area contributed by atoms with Crippen LogP contribution in [-0.4, -0.2) is 11.0 Å². The van der Waals surface area contributed by atoms with Gasteiger partial charge in [-0.25, -0.2) is 0 Å². The van der Waals surface area contributed by atoms with Crippen LogP contribution >= 0.6 is 0 Å². The van der Waals surface area contributed by atoms with Gasteiger partial charge in [-0.1, -0.05) is 32.9 Å². The second kappa shape index (κ2) is 4.73. The van der Waals surface area contributed by atoms with Gasteiger partial charge in [-0.2, -0.15) is 0 Å². The zero-order chi connectivity index (χ0) is 13.3. The first-order valence-corrected chi connectivity index (χ1v) is 6.46. The molecule has 0 saturated heterocycles. The van der Waals surface area contributed by atoms with E-state index in [1.165, 1.54) is 0 Å². The van der Waals surface area contributed by atoms with Crippen molar-refractivity contribution >= 4 is 11.6 Å². The molecule has 3 nitrogen and oxygen atoms in total. The number of anilines is 1. The molecule has 1 aromatic carbocycles. The van der Waals surface area contributed by atoms with Crippen molar-refractivity contribution in [2.45, 2.75) is 46.1 Å². The molecule has 0 saturated carbocycles. The number of hydrogen-bond acceptors (Lipinski definition) is 2. The standard InChI is InChI=1S/C15H21NO2/c1-15(2,3)9-13(17)11-4-6-12-10(8-11)5-7-14(18)16-12/h4,6,8,13,17H,5,7,9H2,1-3H3,(H,16,18). The van der Waals surface area contributed by atoms with Crippen molar-refractivity contribution in [1.82, 2.24) is 0 Å². The molecule has 18 heavy (non-hydrogen) atoms. The van der Waals surface area contributed by atoms with Crippen molar-refractivity contribution in [3.63, 3.8) is 0 Å². The van der Waals surface area contributed by atoms with E-state index in [0.717, 1.165) is 29.7 Å². The van der Waals surface area contributed by atoms with Gasteiger partial charge in [-0.05, 0) is 35.4 Å². The van der Waals surface area contributed by atoms with Crippen LogP contribution in [-0.2, 0) is 11.2 Å². The van der Waals surface area contributed by atoms with E-state index in [9.17, 15) is 9.90 Å². The maximum absolute atomic E-state index is 11.3. The first-order chi connectivity index (χ1) is 8.35. The van der Waals surface area contributed by atoms with Crippen LogP contribution < -0.4 is 5.32 Å². The minimum atomic E-state index is -0.437. The van der Waals surface area contributed by atoms with Gasteiger partial charge in [0.1, 0.15) is 0 Å². The number of carbonyl (C=O) groups excluding carboxylic acids is 1. The molecule has 1 aliphatic rings. The topological polar surface area (TPSA) is 49.3 Å². The molecule has 1 amide bonds. The lowest BCUT2D eigenvalue weighted by Gasteiger charge is -2.24. The third-order valence-electron chi connectivity index (χ3n) is 3.22. The summed E-state index contributed by atoms with van der Waals surface area (Å²) in [5.74, 6) is 0.0745. The van der Waals surface area contributed by atoms with Crippen LogP contribution in [0.1, 0.15) is 50.8 Å². The van der Waals surface area contributed by atoms with Crippen molar-refractivity contribution in [3.8, 4) is 0 Å². The number of benzene rings is 1. The summed E-state index contributed by atoms with van der Waals surface area (Å²) in [5.41, 5.74) is 3.06. The van der Waals surface area contributed by atoms with E-state index in [1.54, 1.807) is 0 Å². The minimum Gasteiger partial charge on any atom is -0.388 e. The van der Waals surface area contributed by atoms with Crippen molar-refractivity contribution < 1.29 is 9.90 Å². The fourth-order valence-electron chi connectivity index (χ4n) is 2.31. The van der Waals surface area contributed by atoms with Crippen molar-refractivity contribution in [2.24, 2.45) is 5.41 Å². The first kappa shape index (κ1) is 13.1. The summed E-state index contributed by atoms with van der Waals surface area (Å²) >= 11 is 0. The molecular weight excluding hydrogens is 226 g/mol. The fourth-order valence-corrected chi connectivity index (χ4v) is 2.31. The second-order valence-electron chi connectivity index (χ2n) is 6.25. The molecule has 1 aliphatic heterocycles. The fraction of sp³-hybridized carbons (Fsp3) is 0.533. The highest BCUT2D eigenvalue weighted by Gasteiger charge is 2.20. The molecule has 0 radical (unpaired) electrons. The lowest BCUT2D eigenvalue weighted by molar-refractivity contribution is -0.116. The Morgan fingerprint density at radius 3 is 2.72 bits per heavy atom. The van der Waals surface area contributed by atoms with E-state index in [1.807, 2.05) is 18.2 Å². The summed E-state index contributed by atoms with van der Waals surface area (Å²) in [6, 6.07) is 5.82. The number of hydrogen-bond donors (Lipinski definition) is 2. The number of amides is 1. The smallest absolute Gasteiger partial charge is 0.224 e. The van der Waals surface area contributed by atoms with Crippen molar-refractivity contribution in [1.29, 1.82) is 0 Å². The van der Waals surface area contributed by atoms with E-state index in [2.05, 4.69) is 26.1 Å². The molecule has 2 N–H and O–H groups in total. The summed E-state index contributed by atoms with van der Waals surface area (Å²) in [5, 5.41) is 13.1. The predicted octanol–water partition coefficient (Wildman–Crippen LogP) is 3.04. The Bertz CT molecular complexity index is 460. The van der Waals surface area contributed by atoms with Crippen LogP contribution in [0.3, 0.4) is 0 Å². The molecule has 1 aromatic rings. The van der Waals surface area contributed by atoms with E-state index in [-0.39, 0.29) is 11.3 Å². The quantitative estimate of drug-likeness (QED) is 0.844. The van der Waals surface area contributed by atoms with Crippen molar-refractivity contribution in [3.05, 3.63) is 29.3 Å². The molecule has 0 fully saturated rings. The van der Waals surface area contributed by atoms with Gasteiger partial charge in [0.15, 0.2) is 0 Å². The molecule has 1 unspecified atom stereocenters. The molecule has 2 rings (SSSR count). The van der Waals surface area contributed by atoms with Crippen LogP contribution in [0.2, 0.25) is 0 Å². The van der Waals surface area contributed by atoms with Crippen LogP contribution in [0.15, 0.2) is 18.2 Å². The molecule has 98 valence electrons. The van der Waals surface area contributed by atoms with Crippen molar-refractivity contribution in [2.75, 3.05) is 5.32 Å². The maximum Gasteiger partial charge on any atom is 0.224 e. The number of aryl methyl sites for hydroxylation is 1. The van der Waals surface area contributed by atoms with Crippen LogP contribution in [0.25, 0.3) is 0 Å². The third kappa shape index (κ3) is 3.10. The Hall–Kier alpha value is -1.35. The van der Waals surface area contributed by atoms with Crippen LogP contribution in [0, 0.1) is 5.41 Å². The summed E-state index contributed by atoms with van der Waals surface area (Å²) in [6.45, 7) is 6.36. The molecular formula is C15H21NO2. The number of fused-ring (bicyclic) bond motifs is 1. The molecule has 0 aliphatic carbocycles. The van der Waals surface area contributed by atoms with Gasteiger partial charge >= 0.3 is 0 Å². The summed E-state index contributed by atoms with van der Waals surface area (Å²) in [6.07, 6.45) is 1.59. The lowest BCUT2D eigenvalue weighted by Crippen LogP contribution is -2.19. The average Bonchev–Trinajstić information content (AvgIpc) is 2.26. The largest absolute Gasteiger partial charge is 0.388 e. The summed E-state index contributed by atoms with van der Waals surface area (Å²) in [4.78, 5) is 11.3. The number of aliphatic hydroxyl groups excluding tert-OH is 1. The lowest BCUT2D eigenvalue weighted by atomic mass is 9.86.